The van der Waals surface area contributed by atoms with Crippen molar-refractivity contribution >= 4 is 6.08 Å². The molecule has 116 valence electrons. The van der Waals surface area contributed by atoms with Gasteiger partial charge in [-0.2, -0.15) is 26.3 Å². The first-order valence-electron chi connectivity index (χ1n) is 6.06. The SMILES string of the molecule is FC(F)(F)C=Cc1cccc(-c2ccc(C(F)(F)F)cc2)n1. The highest BCUT2D eigenvalue weighted by Gasteiger charge is 2.30. The third-order valence-electron chi connectivity index (χ3n) is 2.72. The number of rotatable bonds is 2. The molecule has 2 rings (SSSR count). The Hall–Kier alpha value is -2.31. The summed E-state index contributed by atoms with van der Waals surface area (Å²) in [5.41, 5.74) is -0.0626. The van der Waals surface area contributed by atoms with Crippen molar-refractivity contribution in [2.45, 2.75) is 12.4 Å². The zero-order valence-corrected chi connectivity index (χ0v) is 10.9. The number of allylic oxidation sites excluding steroid dienone is 1. The summed E-state index contributed by atoms with van der Waals surface area (Å²) in [7, 11) is 0. The zero-order valence-electron chi connectivity index (χ0n) is 10.9. The van der Waals surface area contributed by atoms with Crippen molar-refractivity contribution in [1.29, 1.82) is 0 Å². The van der Waals surface area contributed by atoms with E-state index < -0.39 is 17.9 Å². The van der Waals surface area contributed by atoms with Crippen molar-refractivity contribution in [3.05, 3.63) is 59.8 Å². The summed E-state index contributed by atoms with van der Waals surface area (Å²) in [6.07, 6.45) is -8.05. The Morgan fingerprint density at radius 1 is 0.818 bits per heavy atom. The molecule has 1 aromatic carbocycles. The van der Waals surface area contributed by atoms with E-state index in [4.69, 9.17) is 0 Å². The molecule has 0 unspecified atom stereocenters. The molecular weight excluding hydrogens is 308 g/mol. The van der Waals surface area contributed by atoms with Crippen LogP contribution in [0.25, 0.3) is 17.3 Å². The maximum atomic E-state index is 12.5. The molecule has 1 nitrogen and oxygen atoms in total. The van der Waals surface area contributed by atoms with Gasteiger partial charge in [0.2, 0.25) is 0 Å². The van der Waals surface area contributed by atoms with Gasteiger partial charge in [0, 0.05) is 11.6 Å². The fraction of sp³-hybridized carbons (Fsp3) is 0.133. The number of nitrogens with zero attached hydrogens (tertiary/aromatic N) is 1. The Morgan fingerprint density at radius 2 is 1.45 bits per heavy atom. The molecule has 7 heteroatoms. The summed E-state index contributed by atoms with van der Waals surface area (Å²) in [4.78, 5) is 3.97. The maximum absolute atomic E-state index is 12.5. The molecule has 0 atom stereocenters. The molecule has 1 aromatic heterocycles. The van der Waals surface area contributed by atoms with Gasteiger partial charge in [0.05, 0.1) is 17.0 Å². The minimum absolute atomic E-state index is 0.0475. The van der Waals surface area contributed by atoms with Crippen LogP contribution in [0.4, 0.5) is 26.3 Å². The van der Waals surface area contributed by atoms with Crippen LogP contribution in [-0.2, 0) is 6.18 Å². The van der Waals surface area contributed by atoms with Crippen molar-refractivity contribution in [3.63, 3.8) is 0 Å². The number of hydrogen-bond donors (Lipinski definition) is 0. The molecule has 1 heterocycles. The first-order chi connectivity index (χ1) is 10.1. The lowest BCUT2D eigenvalue weighted by molar-refractivity contribution is -0.137. The molecule has 0 saturated carbocycles. The fourth-order valence-corrected chi connectivity index (χ4v) is 1.71. The second kappa shape index (κ2) is 5.82. The minimum Gasteiger partial charge on any atom is -0.248 e. The van der Waals surface area contributed by atoms with Gasteiger partial charge < -0.3 is 0 Å². The van der Waals surface area contributed by atoms with E-state index >= 15 is 0 Å². The van der Waals surface area contributed by atoms with E-state index in [1.807, 2.05) is 0 Å². The van der Waals surface area contributed by atoms with Crippen LogP contribution in [-0.4, -0.2) is 11.2 Å². The van der Waals surface area contributed by atoms with Crippen LogP contribution < -0.4 is 0 Å². The molecule has 0 saturated heterocycles. The summed E-state index contributed by atoms with van der Waals surface area (Å²) in [6.45, 7) is 0. The van der Waals surface area contributed by atoms with Gasteiger partial charge in [0.25, 0.3) is 0 Å². The lowest BCUT2D eigenvalue weighted by atomic mass is 10.1. The lowest BCUT2D eigenvalue weighted by Gasteiger charge is -2.07. The first-order valence-corrected chi connectivity index (χ1v) is 6.06. The first kappa shape index (κ1) is 16.1. The number of halogens is 6. The predicted molar refractivity (Wildman–Crippen MR) is 69.8 cm³/mol. The number of alkyl halides is 6. The highest BCUT2D eigenvalue weighted by molar-refractivity contribution is 5.61. The summed E-state index contributed by atoms with van der Waals surface area (Å²) in [5.74, 6) is 0. The number of hydrogen-bond acceptors (Lipinski definition) is 1. The van der Waals surface area contributed by atoms with E-state index in [0.29, 0.717) is 5.56 Å². The Bertz CT molecular complexity index is 668. The highest BCUT2D eigenvalue weighted by atomic mass is 19.4. The number of pyridine rings is 1. The standard InChI is InChI=1S/C15H9F6N/c16-14(17,18)9-8-12-2-1-3-13(22-12)10-4-6-11(7-5-10)15(19,20)21/h1-9H. The largest absolute Gasteiger partial charge is 0.416 e. The summed E-state index contributed by atoms with van der Waals surface area (Å²) < 4.78 is 73.7. The topological polar surface area (TPSA) is 12.9 Å². The zero-order chi connectivity index (χ0) is 16.4. The van der Waals surface area contributed by atoms with Crippen LogP contribution in [0.1, 0.15) is 11.3 Å². The van der Waals surface area contributed by atoms with Crippen molar-refractivity contribution in [3.8, 4) is 11.3 Å². The second-order valence-electron chi connectivity index (χ2n) is 4.40. The molecule has 0 aliphatic carbocycles. The van der Waals surface area contributed by atoms with Gasteiger partial charge >= 0.3 is 12.4 Å². The van der Waals surface area contributed by atoms with E-state index in [0.717, 1.165) is 18.2 Å². The van der Waals surface area contributed by atoms with E-state index in [1.54, 1.807) is 0 Å². The summed E-state index contributed by atoms with van der Waals surface area (Å²) in [5, 5.41) is 0. The van der Waals surface area contributed by atoms with E-state index in [9.17, 15) is 26.3 Å². The Balaban J connectivity index is 2.28. The molecule has 0 amide bonds. The molecule has 0 bridgehead atoms. The monoisotopic (exact) mass is 317 g/mol. The number of benzene rings is 1. The Kier molecular flexibility index (Phi) is 4.25. The molecule has 2 aromatic rings. The van der Waals surface area contributed by atoms with Crippen LogP contribution in [0.3, 0.4) is 0 Å². The van der Waals surface area contributed by atoms with Crippen LogP contribution in [0.5, 0.6) is 0 Å². The second-order valence-corrected chi connectivity index (χ2v) is 4.40. The van der Waals surface area contributed by atoms with Gasteiger partial charge in [0.1, 0.15) is 0 Å². The van der Waals surface area contributed by atoms with Crippen molar-refractivity contribution in [1.82, 2.24) is 4.98 Å². The third kappa shape index (κ3) is 4.34. The quantitative estimate of drug-likeness (QED) is 0.681. The van der Waals surface area contributed by atoms with E-state index in [2.05, 4.69) is 4.98 Å². The average molecular weight is 317 g/mol. The van der Waals surface area contributed by atoms with Crippen molar-refractivity contribution in [2.75, 3.05) is 0 Å². The predicted octanol–water partition coefficient (Wildman–Crippen LogP) is 5.34. The molecule has 0 spiro atoms. The molecule has 0 radical (unpaired) electrons. The molecule has 0 aliphatic rings. The molecule has 0 fully saturated rings. The van der Waals surface area contributed by atoms with Crippen molar-refractivity contribution < 1.29 is 26.3 Å². The van der Waals surface area contributed by atoms with Crippen LogP contribution in [0, 0.1) is 0 Å². The Morgan fingerprint density at radius 3 is 2.00 bits per heavy atom. The molecule has 22 heavy (non-hydrogen) atoms. The normalized spacial score (nSPS) is 12.8. The van der Waals surface area contributed by atoms with Gasteiger partial charge in [-0.05, 0) is 30.3 Å². The van der Waals surface area contributed by atoms with Gasteiger partial charge in [-0.1, -0.05) is 18.2 Å². The van der Waals surface area contributed by atoms with Crippen molar-refractivity contribution in [2.24, 2.45) is 0 Å². The molecule has 0 N–H and O–H groups in total. The maximum Gasteiger partial charge on any atom is 0.416 e. The highest BCUT2D eigenvalue weighted by Crippen LogP contribution is 2.30. The van der Waals surface area contributed by atoms with E-state index in [1.165, 1.54) is 30.3 Å². The van der Waals surface area contributed by atoms with Crippen LogP contribution in [0.15, 0.2) is 48.5 Å². The van der Waals surface area contributed by atoms with Gasteiger partial charge in [-0.3, -0.25) is 0 Å². The van der Waals surface area contributed by atoms with Crippen LogP contribution in [0.2, 0.25) is 0 Å². The smallest absolute Gasteiger partial charge is 0.248 e. The van der Waals surface area contributed by atoms with Gasteiger partial charge in [-0.25, -0.2) is 4.98 Å². The van der Waals surface area contributed by atoms with Gasteiger partial charge in [0.15, 0.2) is 0 Å². The lowest BCUT2D eigenvalue weighted by Crippen LogP contribution is -2.04. The minimum atomic E-state index is -4.45. The molecule has 0 aliphatic heterocycles. The van der Waals surface area contributed by atoms with Crippen LogP contribution >= 0.6 is 0 Å². The Labute approximate surface area is 121 Å². The number of aromatic nitrogens is 1. The van der Waals surface area contributed by atoms with Gasteiger partial charge in [-0.15, -0.1) is 0 Å². The summed E-state index contributed by atoms with van der Waals surface area (Å²) in [6, 6.07) is 8.61. The average Bonchev–Trinajstić information content (AvgIpc) is 2.44. The third-order valence-corrected chi connectivity index (χ3v) is 2.72. The van der Waals surface area contributed by atoms with E-state index in [-0.39, 0.29) is 17.5 Å². The molecular formula is C15H9F6N. The fourth-order valence-electron chi connectivity index (χ4n) is 1.71. The summed E-state index contributed by atoms with van der Waals surface area (Å²) >= 11 is 0.